The van der Waals surface area contributed by atoms with Gasteiger partial charge in [-0.25, -0.2) is 0 Å². The van der Waals surface area contributed by atoms with Crippen LogP contribution in [0.5, 0.6) is 0 Å². The van der Waals surface area contributed by atoms with Gasteiger partial charge in [0.1, 0.15) is 0 Å². The molecule has 0 saturated heterocycles. The minimum absolute atomic E-state index is 0.943. The maximum atomic E-state index is 3.94. The summed E-state index contributed by atoms with van der Waals surface area (Å²) < 4.78 is 0. The van der Waals surface area contributed by atoms with Gasteiger partial charge in [0.2, 0.25) is 0 Å². The summed E-state index contributed by atoms with van der Waals surface area (Å²) in [6, 6.07) is 0. The maximum absolute atomic E-state index is 3.94. The number of unbranched alkanes of at least 4 members (excludes halogenated alkanes) is 10. The van der Waals surface area contributed by atoms with Crippen molar-refractivity contribution in [2.75, 3.05) is 0 Å². The first-order chi connectivity index (χ1) is 13.8. The molecule has 0 heterocycles. The first-order valence-corrected chi connectivity index (χ1v) is 13.0. The van der Waals surface area contributed by atoms with E-state index < -0.39 is 0 Å². The Morgan fingerprint density at radius 3 is 1.50 bits per heavy atom. The molecule has 0 aliphatic carbocycles. The lowest BCUT2D eigenvalue weighted by Crippen LogP contribution is -1.99. The first-order valence-electron chi connectivity index (χ1n) is 13.0. The number of allylic oxidation sites excluding steroid dienone is 2. The Bertz CT molecular complexity index is 303. The Morgan fingerprint density at radius 2 is 0.929 bits per heavy atom. The zero-order valence-corrected chi connectivity index (χ0v) is 19.9. The largest absolute Gasteiger partial charge is 0.0885 e. The van der Waals surface area contributed by atoms with Crippen molar-refractivity contribution in [2.45, 2.75) is 142 Å². The van der Waals surface area contributed by atoms with Gasteiger partial charge in [-0.05, 0) is 37.5 Å². The standard InChI is InChI=1S/C28H54/c1-5-9-11-13-16-20-24-28(8-4)26-22-18-15-14-17-21-25-27(7-3)23-19-12-10-6-2/h14,17,27-28H,1-2,5-13,15-16,18-26H2,3-4H3. The second-order valence-corrected chi connectivity index (χ2v) is 8.99. The van der Waals surface area contributed by atoms with E-state index in [2.05, 4.69) is 39.8 Å². The zero-order chi connectivity index (χ0) is 20.7. The molecule has 0 nitrogen and oxygen atoms in total. The van der Waals surface area contributed by atoms with Crippen LogP contribution in [0.25, 0.3) is 0 Å². The molecule has 2 unspecified atom stereocenters. The number of hydrogen-bond donors (Lipinski definition) is 0. The van der Waals surface area contributed by atoms with Crippen molar-refractivity contribution >= 4 is 0 Å². The fourth-order valence-corrected chi connectivity index (χ4v) is 4.29. The second kappa shape index (κ2) is 23.0. The van der Waals surface area contributed by atoms with Crippen molar-refractivity contribution in [3.05, 3.63) is 26.0 Å². The van der Waals surface area contributed by atoms with Crippen molar-refractivity contribution in [1.29, 1.82) is 0 Å². The zero-order valence-electron chi connectivity index (χ0n) is 19.9. The molecule has 0 aliphatic heterocycles. The predicted octanol–water partition coefficient (Wildman–Crippen LogP) is 10.3. The van der Waals surface area contributed by atoms with E-state index in [1.807, 2.05) is 0 Å². The van der Waals surface area contributed by atoms with Crippen LogP contribution in [-0.2, 0) is 0 Å². The monoisotopic (exact) mass is 390 g/mol. The Morgan fingerprint density at radius 1 is 0.500 bits per heavy atom. The fraction of sp³-hybridized carbons (Fsp3) is 0.857. The van der Waals surface area contributed by atoms with E-state index in [0.717, 1.165) is 24.7 Å². The van der Waals surface area contributed by atoms with E-state index in [9.17, 15) is 0 Å². The van der Waals surface area contributed by atoms with Gasteiger partial charge in [0, 0.05) is 0 Å². The SMILES string of the molecule is [CH2]CCCCCCCC(CC)CCCCC=CCCC(CC)CCCCC[CH2]. The van der Waals surface area contributed by atoms with Crippen LogP contribution < -0.4 is 0 Å². The minimum atomic E-state index is 0.943. The first kappa shape index (κ1) is 27.7. The molecule has 166 valence electrons. The molecule has 0 N–H and O–H groups in total. The molecule has 0 aromatic heterocycles. The lowest BCUT2D eigenvalue weighted by atomic mass is 9.92. The van der Waals surface area contributed by atoms with Gasteiger partial charge in [0.25, 0.3) is 0 Å². The third-order valence-corrected chi connectivity index (χ3v) is 6.52. The van der Waals surface area contributed by atoms with Crippen molar-refractivity contribution in [2.24, 2.45) is 11.8 Å². The topological polar surface area (TPSA) is 0 Å². The van der Waals surface area contributed by atoms with E-state index in [-0.39, 0.29) is 0 Å². The fourth-order valence-electron chi connectivity index (χ4n) is 4.29. The number of rotatable bonds is 22. The van der Waals surface area contributed by atoms with Gasteiger partial charge >= 0.3 is 0 Å². The van der Waals surface area contributed by atoms with Gasteiger partial charge in [-0.15, -0.1) is 0 Å². The lowest BCUT2D eigenvalue weighted by Gasteiger charge is -2.14. The summed E-state index contributed by atoms with van der Waals surface area (Å²) in [5, 5.41) is 0. The van der Waals surface area contributed by atoms with Crippen LogP contribution in [0, 0.1) is 25.7 Å². The third-order valence-electron chi connectivity index (χ3n) is 6.52. The highest BCUT2D eigenvalue weighted by Gasteiger charge is 2.06. The lowest BCUT2D eigenvalue weighted by molar-refractivity contribution is 0.397. The molecule has 0 aliphatic rings. The third kappa shape index (κ3) is 19.1. The normalized spacial score (nSPS) is 14.0. The second-order valence-electron chi connectivity index (χ2n) is 8.99. The summed E-state index contributed by atoms with van der Waals surface area (Å²) in [4.78, 5) is 0. The van der Waals surface area contributed by atoms with Crippen LogP contribution in [0.15, 0.2) is 12.2 Å². The molecule has 2 atom stereocenters. The molecule has 0 rings (SSSR count). The molecule has 2 radical (unpaired) electrons. The average molecular weight is 391 g/mol. The Kier molecular flexibility index (Phi) is 22.8. The Labute approximate surface area is 180 Å². The predicted molar refractivity (Wildman–Crippen MR) is 131 cm³/mol. The van der Waals surface area contributed by atoms with E-state index in [1.54, 1.807) is 0 Å². The van der Waals surface area contributed by atoms with E-state index in [4.69, 9.17) is 0 Å². The molecule has 0 saturated carbocycles. The molecular weight excluding hydrogens is 336 g/mol. The van der Waals surface area contributed by atoms with Crippen molar-refractivity contribution < 1.29 is 0 Å². The Balaban J connectivity index is 3.57. The van der Waals surface area contributed by atoms with Gasteiger partial charge in [-0.3, -0.25) is 0 Å². The van der Waals surface area contributed by atoms with Gasteiger partial charge in [-0.1, -0.05) is 143 Å². The highest BCUT2D eigenvalue weighted by Crippen LogP contribution is 2.22. The molecule has 28 heavy (non-hydrogen) atoms. The van der Waals surface area contributed by atoms with Crippen LogP contribution in [0.3, 0.4) is 0 Å². The molecule has 0 aromatic carbocycles. The van der Waals surface area contributed by atoms with Gasteiger partial charge in [0.15, 0.2) is 0 Å². The summed E-state index contributed by atoms with van der Waals surface area (Å²) in [6.45, 7) is 12.6. The van der Waals surface area contributed by atoms with Crippen LogP contribution in [-0.4, -0.2) is 0 Å². The molecule has 0 fully saturated rings. The van der Waals surface area contributed by atoms with Crippen molar-refractivity contribution in [3.63, 3.8) is 0 Å². The summed E-state index contributed by atoms with van der Waals surface area (Å²) in [7, 11) is 0. The smallest absolute Gasteiger partial charge is 0.0348 e. The van der Waals surface area contributed by atoms with Gasteiger partial charge in [-0.2, -0.15) is 0 Å². The van der Waals surface area contributed by atoms with Crippen molar-refractivity contribution in [1.82, 2.24) is 0 Å². The van der Waals surface area contributed by atoms with Gasteiger partial charge < -0.3 is 0 Å². The van der Waals surface area contributed by atoms with E-state index in [0.29, 0.717) is 0 Å². The summed E-state index contributed by atoms with van der Waals surface area (Å²) in [5.41, 5.74) is 0. The molecule has 0 aromatic rings. The minimum Gasteiger partial charge on any atom is -0.0885 e. The molecule has 0 bridgehead atoms. The average Bonchev–Trinajstić information content (AvgIpc) is 2.72. The molecule has 0 amide bonds. The van der Waals surface area contributed by atoms with Crippen LogP contribution >= 0.6 is 0 Å². The Hall–Kier alpha value is -0.260. The van der Waals surface area contributed by atoms with Crippen molar-refractivity contribution in [3.8, 4) is 0 Å². The molecular formula is C28H54. The molecule has 0 heteroatoms. The van der Waals surface area contributed by atoms with E-state index >= 15 is 0 Å². The number of hydrogen-bond acceptors (Lipinski definition) is 0. The molecule has 0 spiro atoms. The highest BCUT2D eigenvalue weighted by molar-refractivity contribution is 4.82. The van der Waals surface area contributed by atoms with Crippen LogP contribution in [0.4, 0.5) is 0 Å². The summed E-state index contributed by atoms with van der Waals surface area (Å²) >= 11 is 0. The van der Waals surface area contributed by atoms with Gasteiger partial charge in [0.05, 0.1) is 0 Å². The van der Waals surface area contributed by atoms with Crippen LogP contribution in [0.1, 0.15) is 142 Å². The highest BCUT2D eigenvalue weighted by atomic mass is 14.1. The quantitative estimate of drug-likeness (QED) is 0.127. The maximum Gasteiger partial charge on any atom is -0.0348 e. The summed E-state index contributed by atoms with van der Waals surface area (Å²) in [5.74, 6) is 1.92. The summed E-state index contributed by atoms with van der Waals surface area (Å²) in [6.07, 6.45) is 32.1. The van der Waals surface area contributed by atoms with E-state index in [1.165, 1.54) is 116 Å². The van der Waals surface area contributed by atoms with Crippen LogP contribution in [0.2, 0.25) is 0 Å².